The Bertz CT molecular complexity index is 799. The summed E-state index contributed by atoms with van der Waals surface area (Å²) >= 11 is 0. The van der Waals surface area contributed by atoms with Crippen LogP contribution in [0.2, 0.25) is 0 Å². The Balaban J connectivity index is 1.52. The summed E-state index contributed by atoms with van der Waals surface area (Å²) in [7, 11) is 3.49. The fraction of sp³-hybridized carbons (Fsp3) is 0.579. The average Bonchev–Trinajstić information content (AvgIpc) is 3.00. The number of ether oxygens (including phenoxy) is 1. The van der Waals surface area contributed by atoms with Crippen LogP contribution in [0, 0.1) is 0 Å². The molecule has 0 spiro atoms. The molecular weight excluding hydrogens is 373 g/mol. The molecule has 1 aliphatic rings. The quantitative estimate of drug-likeness (QED) is 0.777. The van der Waals surface area contributed by atoms with Gasteiger partial charge in [-0.3, -0.25) is 4.57 Å². The predicted molar refractivity (Wildman–Crippen MR) is 98.0 cm³/mol. The first kappa shape index (κ1) is 20.6. The molecule has 1 aliphatic heterocycles. The summed E-state index contributed by atoms with van der Waals surface area (Å²) in [5.74, 6) is 1.17. The normalized spacial score (nSPS) is 17.5. The molecule has 1 N–H and O–H groups in total. The second kappa shape index (κ2) is 7.71. The van der Waals surface area contributed by atoms with Gasteiger partial charge in [0.25, 0.3) is 0 Å². The number of hydrogen-bond donors (Lipinski definition) is 1. The van der Waals surface area contributed by atoms with Crippen LogP contribution in [0.3, 0.4) is 0 Å². The van der Waals surface area contributed by atoms with Crippen molar-refractivity contribution in [1.29, 1.82) is 0 Å². The molecule has 0 amide bonds. The van der Waals surface area contributed by atoms with E-state index in [1.807, 2.05) is 18.9 Å². The van der Waals surface area contributed by atoms with Crippen LogP contribution in [0.4, 0.5) is 19.1 Å². The highest BCUT2D eigenvalue weighted by Crippen LogP contribution is 2.31. The number of aromatic nitrogens is 3. The standard InChI is InChI=1S/C19H25F3N4O2/c1-18(28-3)11-26(12-18)17-24-23-16(25(17)2)15(27)6-4-5-13-7-9-14(10-8-13)19(20,21)22/h7-10,15,27H,4-6,11-12H2,1-3H3. The van der Waals surface area contributed by atoms with Gasteiger partial charge < -0.3 is 14.7 Å². The third-order valence-electron chi connectivity index (χ3n) is 5.23. The molecule has 9 heteroatoms. The number of aryl methyl sites for hydroxylation is 1. The maximum absolute atomic E-state index is 12.6. The van der Waals surface area contributed by atoms with Crippen molar-refractivity contribution in [3.63, 3.8) is 0 Å². The van der Waals surface area contributed by atoms with Crippen molar-refractivity contribution >= 4 is 5.95 Å². The average molecular weight is 398 g/mol. The first-order valence-corrected chi connectivity index (χ1v) is 9.16. The van der Waals surface area contributed by atoms with Gasteiger partial charge in [-0.05, 0) is 43.9 Å². The molecule has 3 rings (SSSR count). The molecule has 0 radical (unpaired) electrons. The van der Waals surface area contributed by atoms with Gasteiger partial charge in [0, 0.05) is 14.2 Å². The zero-order valence-electron chi connectivity index (χ0n) is 16.2. The summed E-state index contributed by atoms with van der Waals surface area (Å²) in [6.45, 7) is 3.44. The third-order valence-corrected chi connectivity index (χ3v) is 5.23. The number of aliphatic hydroxyl groups excluding tert-OH is 1. The Labute approximate surface area is 161 Å². The number of benzene rings is 1. The fourth-order valence-corrected chi connectivity index (χ4v) is 3.42. The van der Waals surface area contributed by atoms with E-state index in [4.69, 9.17) is 4.74 Å². The maximum Gasteiger partial charge on any atom is 0.416 e. The van der Waals surface area contributed by atoms with E-state index in [9.17, 15) is 18.3 Å². The fourth-order valence-electron chi connectivity index (χ4n) is 3.42. The number of anilines is 1. The van der Waals surface area contributed by atoms with Crippen LogP contribution < -0.4 is 4.90 Å². The molecule has 154 valence electrons. The molecule has 2 heterocycles. The van der Waals surface area contributed by atoms with Crippen molar-refractivity contribution in [2.24, 2.45) is 7.05 Å². The van der Waals surface area contributed by atoms with Crippen molar-refractivity contribution in [3.8, 4) is 0 Å². The number of methoxy groups -OCH3 is 1. The van der Waals surface area contributed by atoms with E-state index in [0.29, 0.717) is 44.1 Å². The van der Waals surface area contributed by atoms with Gasteiger partial charge in [0.15, 0.2) is 5.82 Å². The number of rotatable bonds is 7. The first-order chi connectivity index (χ1) is 13.1. The smallest absolute Gasteiger partial charge is 0.385 e. The molecular formula is C19H25F3N4O2. The minimum absolute atomic E-state index is 0.188. The second-order valence-corrected chi connectivity index (χ2v) is 7.53. The van der Waals surface area contributed by atoms with Crippen LogP contribution in [-0.2, 0) is 24.4 Å². The Hall–Kier alpha value is -2.13. The topological polar surface area (TPSA) is 63.4 Å². The summed E-state index contributed by atoms with van der Waals surface area (Å²) in [5, 5.41) is 18.7. The molecule has 1 atom stereocenters. The number of aliphatic hydroxyl groups is 1. The number of hydrogen-bond acceptors (Lipinski definition) is 5. The van der Waals surface area contributed by atoms with Crippen molar-refractivity contribution in [1.82, 2.24) is 14.8 Å². The second-order valence-electron chi connectivity index (χ2n) is 7.53. The molecule has 0 bridgehead atoms. The molecule has 1 aromatic heterocycles. The molecule has 2 aromatic rings. The molecule has 6 nitrogen and oxygen atoms in total. The summed E-state index contributed by atoms with van der Waals surface area (Å²) in [5.41, 5.74) is -0.0383. The van der Waals surface area contributed by atoms with Gasteiger partial charge in [0.05, 0.1) is 18.7 Å². The van der Waals surface area contributed by atoms with Crippen molar-refractivity contribution < 1.29 is 23.0 Å². The number of halogens is 3. The maximum atomic E-state index is 12.6. The van der Waals surface area contributed by atoms with E-state index in [0.717, 1.165) is 17.7 Å². The van der Waals surface area contributed by atoms with E-state index >= 15 is 0 Å². The van der Waals surface area contributed by atoms with Crippen LogP contribution in [-0.4, -0.2) is 45.7 Å². The minimum atomic E-state index is -4.32. The lowest BCUT2D eigenvalue weighted by Crippen LogP contribution is -2.61. The SMILES string of the molecule is COC1(C)CN(c2nnc(C(O)CCCc3ccc(C(F)(F)F)cc3)n2C)C1. The lowest BCUT2D eigenvalue weighted by molar-refractivity contribution is -0.137. The van der Waals surface area contributed by atoms with E-state index < -0.39 is 17.8 Å². The van der Waals surface area contributed by atoms with Crippen molar-refractivity contribution in [2.75, 3.05) is 25.1 Å². The minimum Gasteiger partial charge on any atom is -0.385 e. The Kier molecular flexibility index (Phi) is 5.67. The van der Waals surface area contributed by atoms with E-state index in [1.165, 1.54) is 12.1 Å². The summed E-state index contributed by atoms with van der Waals surface area (Å²) in [4.78, 5) is 2.04. The van der Waals surface area contributed by atoms with Crippen LogP contribution >= 0.6 is 0 Å². The van der Waals surface area contributed by atoms with Crippen LogP contribution in [0.15, 0.2) is 24.3 Å². The molecule has 0 aliphatic carbocycles. The Morgan fingerprint density at radius 2 is 1.86 bits per heavy atom. The van der Waals surface area contributed by atoms with Gasteiger partial charge in [0.2, 0.25) is 5.95 Å². The van der Waals surface area contributed by atoms with Crippen molar-refractivity contribution in [3.05, 3.63) is 41.2 Å². The zero-order chi connectivity index (χ0) is 20.5. The van der Waals surface area contributed by atoms with Gasteiger partial charge >= 0.3 is 6.18 Å². The lowest BCUT2D eigenvalue weighted by atomic mass is 9.97. The highest BCUT2D eigenvalue weighted by molar-refractivity contribution is 5.38. The van der Waals surface area contributed by atoms with Crippen LogP contribution in [0.25, 0.3) is 0 Å². The highest BCUT2D eigenvalue weighted by Gasteiger charge is 2.41. The van der Waals surface area contributed by atoms with Gasteiger partial charge in [-0.25, -0.2) is 0 Å². The molecule has 1 saturated heterocycles. The van der Waals surface area contributed by atoms with Crippen LogP contribution in [0.5, 0.6) is 0 Å². The molecule has 28 heavy (non-hydrogen) atoms. The largest absolute Gasteiger partial charge is 0.416 e. The monoisotopic (exact) mass is 398 g/mol. The molecule has 0 saturated carbocycles. The van der Waals surface area contributed by atoms with E-state index in [2.05, 4.69) is 10.2 Å². The highest BCUT2D eigenvalue weighted by atomic mass is 19.4. The third kappa shape index (κ3) is 4.30. The van der Waals surface area contributed by atoms with E-state index in [1.54, 1.807) is 11.7 Å². The van der Waals surface area contributed by atoms with Gasteiger partial charge in [0.1, 0.15) is 11.7 Å². The molecule has 1 fully saturated rings. The first-order valence-electron chi connectivity index (χ1n) is 9.16. The summed E-state index contributed by atoms with van der Waals surface area (Å²) in [6.07, 6.45) is -3.45. The Morgan fingerprint density at radius 1 is 1.21 bits per heavy atom. The van der Waals surface area contributed by atoms with Crippen molar-refractivity contribution in [2.45, 2.75) is 44.1 Å². The van der Waals surface area contributed by atoms with Crippen LogP contribution in [0.1, 0.15) is 42.8 Å². The van der Waals surface area contributed by atoms with Gasteiger partial charge in [-0.2, -0.15) is 13.2 Å². The lowest BCUT2D eigenvalue weighted by Gasteiger charge is -2.46. The number of nitrogens with zero attached hydrogens (tertiary/aromatic N) is 4. The molecule has 1 unspecified atom stereocenters. The number of alkyl halides is 3. The predicted octanol–water partition coefficient (Wildman–Crippen LogP) is 3.12. The summed E-state index contributed by atoms with van der Waals surface area (Å²) < 4.78 is 45.0. The van der Waals surface area contributed by atoms with Gasteiger partial charge in [-0.1, -0.05) is 12.1 Å². The molecule has 1 aromatic carbocycles. The Morgan fingerprint density at radius 3 is 2.43 bits per heavy atom. The van der Waals surface area contributed by atoms with Gasteiger partial charge in [-0.15, -0.1) is 10.2 Å². The summed E-state index contributed by atoms with van der Waals surface area (Å²) in [6, 6.07) is 5.13. The zero-order valence-corrected chi connectivity index (χ0v) is 16.2. The van der Waals surface area contributed by atoms with E-state index in [-0.39, 0.29) is 5.60 Å².